The van der Waals surface area contributed by atoms with Gasteiger partial charge in [0.1, 0.15) is 5.82 Å². The highest BCUT2D eigenvalue weighted by molar-refractivity contribution is 9.10. The van der Waals surface area contributed by atoms with Gasteiger partial charge >= 0.3 is 0 Å². The van der Waals surface area contributed by atoms with Gasteiger partial charge in [-0.3, -0.25) is 9.59 Å². The molecule has 0 unspecified atom stereocenters. The van der Waals surface area contributed by atoms with E-state index in [0.29, 0.717) is 58.2 Å². The van der Waals surface area contributed by atoms with Crippen molar-refractivity contribution in [3.63, 3.8) is 0 Å². The normalized spacial score (nSPS) is 14.3. The van der Waals surface area contributed by atoms with Crippen molar-refractivity contribution in [3.8, 4) is 0 Å². The van der Waals surface area contributed by atoms with Crippen molar-refractivity contribution in [2.24, 2.45) is 0 Å². The van der Waals surface area contributed by atoms with Gasteiger partial charge < -0.3 is 9.80 Å². The summed E-state index contributed by atoms with van der Waals surface area (Å²) in [6, 6.07) is 9.61. The Morgan fingerprint density at radius 1 is 1.00 bits per heavy atom. The lowest BCUT2D eigenvalue weighted by atomic mass is 10.1. The lowest BCUT2D eigenvalue weighted by Crippen LogP contribution is -2.50. The third-order valence-corrected chi connectivity index (χ3v) is 5.75. The van der Waals surface area contributed by atoms with Crippen LogP contribution in [-0.2, 0) is 11.2 Å². The maximum atomic E-state index is 13.9. The largest absolute Gasteiger partial charge is 0.339 e. The van der Waals surface area contributed by atoms with Crippen LogP contribution in [0, 0.1) is 5.82 Å². The molecule has 3 rings (SSSR count). The molecule has 0 saturated carbocycles. The number of aryl methyl sites for hydroxylation is 1. The molecule has 8 heteroatoms. The molecule has 148 valence electrons. The van der Waals surface area contributed by atoms with E-state index < -0.39 is 0 Å². The van der Waals surface area contributed by atoms with E-state index in [1.807, 2.05) is 0 Å². The van der Waals surface area contributed by atoms with Crippen LogP contribution in [0.3, 0.4) is 0 Å². The van der Waals surface area contributed by atoms with Gasteiger partial charge in [0.05, 0.1) is 10.6 Å². The van der Waals surface area contributed by atoms with Gasteiger partial charge in [-0.05, 0) is 42.3 Å². The lowest BCUT2D eigenvalue weighted by molar-refractivity contribution is -0.132. The van der Waals surface area contributed by atoms with E-state index in [2.05, 4.69) is 15.9 Å². The van der Waals surface area contributed by atoms with E-state index in [1.165, 1.54) is 12.1 Å². The van der Waals surface area contributed by atoms with Crippen LogP contribution >= 0.6 is 39.1 Å². The molecular formula is C20H18BrCl2FN2O2. The number of benzene rings is 2. The molecule has 0 N–H and O–H groups in total. The fourth-order valence-electron chi connectivity index (χ4n) is 3.12. The first-order valence-corrected chi connectivity index (χ1v) is 10.4. The maximum absolute atomic E-state index is 13.9. The quantitative estimate of drug-likeness (QED) is 0.620. The smallest absolute Gasteiger partial charge is 0.255 e. The SMILES string of the molecule is O=C(CCc1ccc(Br)cc1F)N1CCN(C(=O)c2ccc(Cl)cc2Cl)CC1. The first kappa shape index (κ1) is 21.1. The number of halogens is 4. The second-order valence-corrected chi connectivity index (χ2v) is 8.29. The minimum Gasteiger partial charge on any atom is -0.339 e. The summed E-state index contributed by atoms with van der Waals surface area (Å²) in [6.07, 6.45) is 0.576. The van der Waals surface area contributed by atoms with Gasteiger partial charge in [-0.1, -0.05) is 45.2 Å². The summed E-state index contributed by atoms with van der Waals surface area (Å²) < 4.78 is 14.6. The Labute approximate surface area is 181 Å². The first-order valence-electron chi connectivity index (χ1n) is 8.81. The van der Waals surface area contributed by atoms with Crippen LogP contribution in [0.1, 0.15) is 22.3 Å². The van der Waals surface area contributed by atoms with Crippen LogP contribution in [0.2, 0.25) is 10.0 Å². The molecule has 1 heterocycles. The highest BCUT2D eigenvalue weighted by Gasteiger charge is 2.26. The van der Waals surface area contributed by atoms with Crippen LogP contribution < -0.4 is 0 Å². The Morgan fingerprint density at radius 2 is 1.68 bits per heavy atom. The summed E-state index contributed by atoms with van der Waals surface area (Å²) in [5.74, 6) is -0.540. The van der Waals surface area contributed by atoms with Crippen molar-refractivity contribution in [2.45, 2.75) is 12.8 Å². The molecule has 2 amide bonds. The number of carbonyl (C=O) groups excluding carboxylic acids is 2. The van der Waals surface area contributed by atoms with Gasteiger partial charge in [0.2, 0.25) is 5.91 Å². The fraction of sp³-hybridized carbons (Fsp3) is 0.300. The van der Waals surface area contributed by atoms with Gasteiger partial charge in [-0.25, -0.2) is 4.39 Å². The molecule has 2 aromatic carbocycles. The van der Waals surface area contributed by atoms with Crippen molar-refractivity contribution in [2.75, 3.05) is 26.2 Å². The Kier molecular flexibility index (Phi) is 6.96. The predicted molar refractivity (Wildman–Crippen MR) is 111 cm³/mol. The van der Waals surface area contributed by atoms with E-state index in [4.69, 9.17) is 23.2 Å². The van der Waals surface area contributed by atoms with Crippen LogP contribution in [0.5, 0.6) is 0 Å². The van der Waals surface area contributed by atoms with Crippen LogP contribution in [0.25, 0.3) is 0 Å². The number of amides is 2. The second kappa shape index (κ2) is 9.25. The van der Waals surface area contributed by atoms with Crippen molar-refractivity contribution in [1.82, 2.24) is 9.80 Å². The number of carbonyl (C=O) groups is 2. The maximum Gasteiger partial charge on any atom is 0.255 e. The zero-order valence-corrected chi connectivity index (χ0v) is 18.0. The molecule has 0 atom stereocenters. The molecule has 1 aliphatic rings. The molecule has 1 aliphatic heterocycles. The second-order valence-electron chi connectivity index (χ2n) is 6.53. The minimum absolute atomic E-state index is 0.0426. The Balaban J connectivity index is 1.53. The molecule has 4 nitrogen and oxygen atoms in total. The molecule has 0 spiro atoms. The number of hydrogen-bond donors (Lipinski definition) is 0. The van der Waals surface area contributed by atoms with Crippen LogP contribution in [0.15, 0.2) is 40.9 Å². The van der Waals surface area contributed by atoms with Crippen molar-refractivity contribution < 1.29 is 14.0 Å². The summed E-state index contributed by atoms with van der Waals surface area (Å²) in [4.78, 5) is 28.5. The van der Waals surface area contributed by atoms with Crippen molar-refractivity contribution in [1.29, 1.82) is 0 Å². The lowest BCUT2D eigenvalue weighted by Gasteiger charge is -2.35. The molecule has 0 radical (unpaired) electrons. The van der Waals surface area contributed by atoms with Gasteiger partial charge in [-0.2, -0.15) is 0 Å². The number of piperazine rings is 1. The summed E-state index contributed by atoms with van der Waals surface area (Å²) in [5, 5.41) is 0.784. The Bertz CT molecular complexity index is 902. The van der Waals surface area contributed by atoms with E-state index in [0.717, 1.165) is 0 Å². The van der Waals surface area contributed by atoms with Crippen molar-refractivity contribution >= 4 is 50.9 Å². The molecular weight excluding hydrogens is 470 g/mol. The van der Waals surface area contributed by atoms with Gasteiger partial charge in [0.25, 0.3) is 5.91 Å². The monoisotopic (exact) mass is 486 g/mol. The standard InChI is InChI=1S/C20H18BrCl2FN2O2/c21-14-3-1-13(18(24)11-14)2-6-19(27)25-7-9-26(10-8-25)20(28)16-5-4-15(22)12-17(16)23/h1,3-5,11-12H,2,6-10H2. The van der Waals surface area contributed by atoms with Gasteiger partial charge in [0.15, 0.2) is 0 Å². The molecule has 2 aromatic rings. The molecule has 0 bridgehead atoms. The topological polar surface area (TPSA) is 40.6 Å². The molecule has 0 aromatic heterocycles. The van der Waals surface area contributed by atoms with Crippen LogP contribution in [0.4, 0.5) is 4.39 Å². The molecule has 1 saturated heterocycles. The van der Waals surface area contributed by atoms with E-state index >= 15 is 0 Å². The third-order valence-electron chi connectivity index (χ3n) is 4.70. The summed E-state index contributed by atoms with van der Waals surface area (Å²) in [5.41, 5.74) is 0.916. The minimum atomic E-state index is -0.322. The Morgan fingerprint density at radius 3 is 2.32 bits per heavy atom. The highest BCUT2D eigenvalue weighted by Crippen LogP contribution is 2.23. The summed E-state index contributed by atoms with van der Waals surface area (Å²) in [6.45, 7) is 1.74. The molecule has 28 heavy (non-hydrogen) atoms. The van der Waals surface area contributed by atoms with Crippen molar-refractivity contribution in [3.05, 3.63) is 67.9 Å². The average molecular weight is 488 g/mol. The molecule has 1 fully saturated rings. The average Bonchev–Trinajstić information content (AvgIpc) is 2.67. The zero-order chi connectivity index (χ0) is 20.3. The van der Waals surface area contributed by atoms with E-state index in [9.17, 15) is 14.0 Å². The number of rotatable bonds is 4. The summed E-state index contributed by atoms with van der Waals surface area (Å²) in [7, 11) is 0. The van der Waals surface area contributed by atoms with Gasteiger partial charge in [0, 0.05) is 42.1 Å². The first-order chi connectivity index (χ1) is 13.3. The predicted octanol–water partition coefficient (Wildman–Crippen LogP) is 4.81. The number of hydrogen-bond acceptors (Lipinski definition) is 2. The van der Waals surface area contributed by atoms with Crippen LogP contribution in [-0.4, -0.2) is 47.8 Å². The number of nitrogens with zero attached hydrogens (tertiary/aromatic N) is 2. The van der Waals surface area contributed by atoms with E-state index in [-0.39, 0.29) is 24.1 Å². The highest BCUT2D eigenvalue weighted by atomic mass is 79.9. The summed E-state index contributed by atoms with van der Waals surface area (Å²) >= 11 is 15.2. The van der Waals surface area contributed by atoms with E-state index in [1.54, 1.807) is 34.1 Å². The molecule has 0 aliphatic carbocycles. The van der Waals surface area contributed by atoms with Gasteiger partial charge in [-0.15, -0.1) is 0 Å². The fourth-order valence-corrected chi connectivity index (χ4v) is 3.94. The zero-order valence-electron chi connectivity index (χ0n) is 14.9. The third kappa shape index (κ3) is 5.04. The Hall–Kier alpha value is -1.63.